The molecule has 1 amide bonds. The molecule has 1 aromatic carbocycles. The molecule has 1 aliphatic heterocycles. The summed E-state index contributed by atoms with van der Waals surface area (Å²) in [5, 5.41) is 3.29. The summed E-state index contributed by atoms with van der Waals surface area (Å²) in [6.45, 7) is 4.27. The van der Waals surface area contributed by atoms with Gasteiger partial charge in [-0.1, -0.05) is 6.07 Å². The number of halogens is 1. The van der Waals surface area contributed by atoms with E-state index in [1.165, 1.54) is 0 Å². The van der Waals surface area contributed by atoms with Gasteiger partial charge in [0.25, 0.3) is 0 Å². The lowest BCUT2D eigenvalue weighted by molar-refractivity contribution is -0.129. The van der Waals surface area contributed by atoms with Crippen molar-refractivity contribution in [3.63, 3.8) is 0 Å². The molecular weight excluding hydrogens is 320 g/mol. The number of amides is 1. The van der Waals surface area contributed by atoms with Gasteiger partial charge in [-0.25, -0.2) is 0 Å². The summed E-state index contributed by atoms with van der Waals surface area (Å²) >= 11 is 3.48. The van der Waals surface area contributed by atoms with Crippen LogP contribution >= 0.6 is 15.9 Å². The molecule has 1 aliphatic rings. The highest BCUT2D eigenvalue weighted by Crippen LogP contribution is 2.27. The van der Waals surface area contributed by atoms with Gasteiger partial charge < -0.3 is 15.0 Å². The van der Waals surface area contributed by atoms with Crippen LogP contribution in [0.15, 0.2) is 22.7 Å². The number of likely N-dealkylation sites (tertiary alicyclic amines) is 1. The number of ether oxygens (including phenoxy) is 1. The van der Waals surface area contributed by atoms with Crippen LogP contribution in [-0.4, -0.2) is 37.6 Å². The molecule has 4 nitrogen and oxygen atoms in total. The lowest BCUT2D eigenvalue weighted by atomic mass is 10.1. The van der Waals surface area contributed by atoms with E-state index in [0.717, 1.165) is 41.7 Å². The van der Waals surface area contributed by atoms with Crippen LogP contribution in [0.25, 0.3) is 0 Å². The third-order valence-electron chi connectivity index (χ3n) is 3.69. The molecule has 2 rings (SSSR count). The van der Waals surface area contributed by atoms with Crippen molar-refractivity contribution in [3.05, 3.63) is 28.2 Å². The van der Waals surface area contributed by atoms with Crippen molar-refractivity contribution in [1.82, 2.24) is 10.2 Å². The van der Waals surface area contributed by atoms with Crippen LogP contribution < -0.4 is 10.1 Å². The summed E-state index contributed by atoms with van der Waals surface area (Å²) in [6, 6.07) is 6.10. The summed E-state index contributed by atoms with van der Waals surface area (Å²) in [6.07, 6.45) is 2.26. The van der Waals surface area contributed by atoms with Crippen LogP contribution in [0, 0.1) is 0 Å². The SMILES string of the molecule is COc1ccc(C(C)NCC(=O)N2CCCC2)cc1Br. The molecule has 110 valence electrons. The van der Waals surface area contributed by atoms with Crippen LogP contribution in [0.3, 0.4) is 0 Å². The van der Waals surface area contributed by atoms with Crippen LogP contribution in [0.2, 0.25) is 0 Å². The number of hydrogen-bond donors (Lipinski definition) is 1. The molecular formula is C15H21BrN2O2. The fraction of sp³-hybridized carbons (Fsp3) is 0.533. The molecule has 1 atom stereocenters. The zero-order valence-electron chi connectivity index (χ0n) is 12.0. The Morgan fingerprint density at radius 2 is 2.15 bits per heavy atom. The first-order valence-electron chi connectivity index (χ1n) is 6.96. The molecule has 1 aromatic rings. The third-order valence-corrected chi connectivity index (χ3v) is 4.31. The molecule has 1 heterocycles. The van der Waals surface area contributed by atoms with Crippen LogP contribution in [0.1, 0.15) is 31.4 Å². The topological polar surface area (TPSA) is 41.6 Å². The fourth-order valence-corrected chi connectivity index (χ4v) is 2.95. The first-order chi connectivity index (χ1) is 9.61. The van der Waals surface area contributed by atoms with Crippen molar-refractivity contribution in [2.24, 2.45) is 0 Å². The number of rotatable bonds is 5. The molecule has 0 aromatic heterocycles. The summed E-state index contributed by atoms with van der Waals surface area (Å²) in [5.41, 5.74) is 1.13. The first kappa shape index (κ1) is 15.3. The second-order valence-electron chi connectivity index (χ2n) is 5.08. The smallest absolute Gasteiger partial charge is 0.236 e. The molecule has 0 bridgehead atoms. The Hall–Kier alpha value is -1.07. The van der Waals surface area contributed by atoms with Gasteiger partial charge in [-0.05, 0) is 53.4 Å². The molecule has 0 saturated carbocycles. The van der Waals surface area contributed by atoms with Crippen molar-refractivity contribution in [2.75, 3.05) is 26.7 Å². The number of nitrogens with zero attached hydrogens (tertiary/aromatic N) is 1. The largest absolute Gasteiger partial charge is 0.496 e. The van der Waals surface area contributed by atoms with Crippen LogP contribution in [0.5, 0.6) is 5.75 Å². The quantitative estimate of drug-likeness (QED) is 0.895. The average molecular weight is 341 g/mol. The predicted octanol–water partition coefficient (Wildman–Crippen LogP) is 2.73. The summed E-state index contributed by atoms with van der Waals surface area (Å²) in [4.78, 5) is 13.9. The van der Waals surface area contributed by atoms with Crippen molar-refractivity contribution < 1.29 is 9.53 Å². The maximum Gasteiger partial charge on any atom is 0.236 e. The Labute approximate surface area is 128 Å². The van der Waals surface area contributed by atoms with Crippen molar-refractivity contribution in [1.29, 1.82) is 0 Å². The maximum atomic E-state index is 12.0. The highest BCUT2D eigenvalue weighted by Gasteiger charge is 2.18. The van der Waals surface area contributed by atoms with Gasteiger partial charge >= 0.3 is 0 Å². The average Bonchev–Trinajstić information content (AvgIpc) is 2.98. The molecule has 1 saturated heterocycles. The van der Waals surface area contributed by atoms with Crippen molar-refractivity contribution in [2.45, 2.75) is 25.8 Å². The molecule has 0 radical (unpaired) electrons. The second kappa shape index (κ2) is 7.09. The Balaban J connectivity index is 1.89. The monoisotopic (exact) mass is 340 g/mol. The van der Waals surface area contributed by atoms with E-state index in [2.05, 4.69) is 28.2 Å². The molecule has 0 spiro atoms. The van der Waals surface area contributed by atoms with Crippen LogP contribution in [0.4, 0.5) is 0 Å². The first-order valence-corrected chi connectivity index (χ1v) is 7.75. The number of hydrogen-bond acceptors (Lipinski definition) is 3. The lowest BCUT2D eigenvalue weighted by Crippen LogP contribution is -2.37. The molecule has 1 fully saturated rings. The highest BCUT2D eigenvalue weighted by molar-refractivity contribution is 9.10. The minimum Gasteiger partial charge on any atom is -0.496 e. The van der Waals surface area contributed by atoms with Gasteiger partial charge in [-0.15, -0.1) is 0 Å². The third kappa shape index (κ3) is 3.73. The van der Waals surface area contributed by atoms with Crippen LogP contribution in [-0.2, 0) is 4.79 Å². The minimum atomic E-state index is 0.128. The predicted molar refractivity (Wildman–Crippen MR) is 82.9 cm³/mol. The maximum absolute atomic E-state index is 12.0. The van der Waals surface area contributed by atoms with E-state index in [4.69, 9.17) is 4.74 Å². The van der Waals surface area contributed by atoms with Gasteiger partial charge in [0.2, 0.25) is 5.91 Å². The number of methoxy groups -OCH3 is 1. The van der Waals surface area contributed by atoms with E-state index >= 15 is 0 Å². The normalized spacial score (nSPS) is 16.2. The van der Waals surface area contributed by atoms with Gasteiger partial charge in [-0.3, -0.25) is 4.79 Å². The zero-order valence-corrected chi connectivity index (χ0v) is 13.6. The zero-order chi connectivity index (χ0) is 14.5. The standard InChI is InChI=1S/C15H21BrN2O2/c1-11(12-5-6-14(20-2)13(16)9-12)17-10-15(19)18-7-3-4-8-18/h5-6,9,11,17H,3-4,7-8,10H2,1-2H3. The van der Waals surface area contributed by atoms with Gasteiger partial charge in [0.15, 0.2) is 0 Å². The highest BCUT2D eigenvalue weighted by atomic mass is 79.9. The Morgan fingerprint density at radius 3 is 2.75 bits per heavy atom. The number of nitrogens with one attached hydrogen (secondary N) is 1. The number of carbonyl (C=O) groups excluding carboxylic acids is 1. The van der Waals surface area contributed by atoms with Crippen molar-refractivity contribution >= 4 is 21.8 Å². The second-order valence-corrected chi connectivity index (χ2v) is 5.94. The van der Waals surface area contributed by atoms with E-state index in [-0.39, 0.29) is 11.9 Å². The van der Waals surface area contributed by atoms with E-state index in [9.17, 15) is 4.79 Å². The molecule has 1 N–H and O–H groups in total. The Bertz CT molecular complexity index is 473. The van der Waals surface area contributed by atoms with Crippen molar-refractivity contribution in [3.8, 4) is 5.75 Å². The van der Waals surface area contributed by atoms with E-state index in [0.29, 0.717) is 6.54 Å². The van der Waals surface area contributed by atoms with E-state index < -0.39 is 0 Å². The number of benzene rings is 1. The fourth-order valence-electron chi connectivity index (χ4n) is 2.39. The Morgan fingerprint density at radius 1 is 1.45 bits per heavy atom. The molecule has 0 aliphatic carbocycles. The van der Waals surface area contributed by atoms with E-state index in [1.54, 1.807) is 7.11 Å². The molecule has 5 heteroatoms. The van der Waals surface area contributed by atoms with Gasteiger partial charge in [0.05, 0.1) is 18.1 Å². The minimum absolute atomic E-state index is 0.128. The summed E-state index contributed by atoms with van der Waals surface area (Å²) in [7, 11) is 1.65. The Kier molecular flexibility index (Phi) is 5.43. The summed E-state index contributed by atoms with van der Waals surface area (Å²) < 4.78 is 6.15. The van der Waals surface area contributed by atoms with Gasteiger partial charge in [0, 0.05) is 19.1 Å². The molecule has 1 unspecified atom stereocenters. The molecule has 20 heavy (non-hydrogen) atoms. The van der Waals surface area contributed by atoms with E-state index in [1.807, 2.05) is 23.1 Å². The van der Waals surface area contributed by atoms with Gasteiger partial charge in [0.1, 0.15) is 5.75 Å². The summed E-state index contributed by atoms with van der Waals surface area (Å²) in [5.74, 6) is 1.01. The van der Waals surface area contributed by atoms with Gasteiger partial charge in [-0.2, -0.15) is 0 Å². The lowest BCUT2D eigenvalue weighted by Gasteiger charge is -2.19. The number of carbonyl (C=O) groups is 1.